The molecule has 0 saturated carbocycles. The van der Waals surface area contributed by atoms with Crippen LogP contribution in [0.2, 0.25) is 0 Å². The van der Waals surface area contributed by atoms with Gasteiger partial charge in [0.15, 0.2) is 0 Å². The van der Waals surface area contributed by atoms with Gasteiger partial charge in [0, 0.05) is 61.1 Å². The summed E-state index contributed by atoms with van der Waals surface area (Å²) in [5.74, 6) is 1.22. The molecule has 1 aromatic heterocycles. The molecule has 1 fully saturated rings. The molecule has 1 N–H and O–H groups in total. The summed E-state index contributed by atoms with van der Waals surface area (Å²) < 4.78 is 10.4. The summed E-state index contributed by atoms with van der Waals surface area (Å²) in [4.78, 5) is 21.3. The smallest absolute Gasteiger partial charge is 0.255 e. The van der Waals surface area contributed by atoms with Crippen molar-refractivity contribution in [3.8, 4) is 11.6 Å². The van der Waals surface area contributed by atoms with Crippen molar-refractivity contribution in [2.24, 2.45) is 0 Å². The maximum absolute atomic E-state index is 12.4. The molecule has 0 spiro atoms. The number of benzene rings is 2. The molecule has 1 saturated heterocycles. The number of nitrogens with one attached hydrogen (secondary N) is 1. The Bertz CT molecular complexity index is 1010. The average Bonchev–Trinajstić information content (AvgIpc) is 2.84. The Morgan fingerprint density at radius 1 is 0.839 bits per heavy atom. The predicted octanol–water partition coefficient (Wildman–Crippen LogP) is 3.68. The van der Waals surface area contributed by atoms with Crippen LogP contribution in [-0.4, -0.2) is 51.3 Å². The van der Waals surface area contributed by atoms with Gasteiger partial charge in [0.05, 0.1) is 14.2 Å². The summed E-state index contributed by atoms with van der Waals surface area (Å²) in [6, 6.07) is 19.0. The first kappa shape index (κ1) is 20.5. The van der Waals surface area contributed by atoms with Crippen LogP contribution in [0.4, 0.5) is 17.1 Å². The fraction of sp³-hybridized carbons (Fsp3) is 0.250. The van der Waals surface area contributed by atoms with E-state index in [2.05, 4.69) is 32.2 Å². The Labute approximate surface area is 182 Å². The molecule has 7 nitrogen and oxygen atoms in total. The van der Waals surface area contributed by atoms with E-state index in [9.17, 15) is 4.79 Å². The van der Waals surface area contributed by atoms with Crippen LogP contribution < -0.4 is 24.6 Å². The van der Waals surface area contributed by atoms with Gasteiger partial charge in [-0.25, -0.2) is 4.98 Å². The molecule has 0 unspecified atom stereocenters. The third kappa shape index (κ3) is 4.88. The number of anilines is 3. The molecule has 4 rings (SSSR count). The summed E-state index contributed by atoms with van der Waals surface area (Å²) in [7, 11) is 3.24. The molecule has 7 heteroatoms. The maximum Gasteiger partial charge on any atom is 0.255 e. The Morgan fingerprint density at radius 2 is 1.48 bits per heavy atom. The first-order chi connectivity index (χ1) is 15.2. The number of methoxy groups -OCH3 is 2. The highest BCUT2D eigenvalue weighted by Gasteiger charge is 2.18. The number of rotatable bonds is 6. The van der Waals surface area contributed by atoms with Gasteiger partial charge in [-0.2, -0.15) is 0 Å². The second-order valence-corrected chi connectivity index (χ2v) is 7.26. The number of pyridine rings is 1. The van der Waals surface area contributed by atoms with Gasteiger partial charge in [-0.3, -0.25) is 4.79 Å². The van der Waals surface area contributed by atoms with Crippen LogP contribution in [0.15, 0.2) is 66.9 Å². The van der Waals surface area contributed by atoms with E-state index in [1.807, 2.05) is 24.3 Å². The van der Waals surface area contributed by atoms with E-state index in [1.54, 1.807) is 44.7 Å². The lowest BCUT2D eigenvalue weighted by molar-refractivity contribution is 0.102. The van der Waals surface area contributed by atoms with Gasteiger partial charge in [-0.15, -0.1) is 0 Å². The molecule has 1 aliphatic heterocycles. The zero-order chi connectivity index (χ0) is 21.6. The van der Waals surface area contributed by atoms with E-state index in [0.717, 1.165) is 49.0 Å². The molecule has 2 aromatic carbocycles. The topological polar surface area (TPSA) is 66.9 Å². The van der Waals surface area contributed by atoms with Crippen LogP contribution in [-0.2, 0) is 0 Å². The quantitative estimate of drug-likeness (QED) is 0.659. The molecular weight excluding hydrogens is 392 g/mol. The molecule has 160 valence electrons. The number of piperazine rings is 1. The minimum atomic E-state index is -0.142. The molecule has 0 radical (unpaired) electrons. The number of ether oxygens (including phenoxy) is 2. The number of amides is 1. The van der Waals surface area contributed by atoms with Gasteiger partial charge in [-0.05, 0) is 54.6 Å². The Balaban J connectivity index is 1.33. The van der Waals surface area contributed by atoms with Crippen molar-refractivity contribution in [2.45, 2.75) is 0 Å². The van der Waals surface area contributed by atoms with Crippen molar-refractivity contribution in [1.29, 1.82) is 0 Å². The second kappa shape index (κ2) is 9.38. The summed E-state index contributed by atoms with van der Waals surface area (Å²) in [5, 5.41) is 2.94. The molecule has 31 heavy (non-hydrogen) atoms. The van der Waals surface area contributed by atoms with Crippen molar-refractivity contribution in [3.63, 3.8) is 0 Å². The highest BCUT2D eigenvalue weighted by atomic mass is 16.5. The fourth-order valence-corrected chi connectivity index (χ4v) is 3.63. The molecule has 3 aromatic rings. The minimum Gasteiger partial charge on any atom is -0.497 e. The van der Waals surface area contributed by atoms with Crippen molar-refractivity contribution in [1.82, 2.24) is 4.98 Å². The molecule has 1 aliphatic rings. The van der Waals surface area contributed by atoms with Crippen molar-refractivity contribution < 1.29 is 14.3 Å². The summed E-state index contributed by atoms with van der Waals surface area (Å²) in [5.41, 5.74) is 3.64. The number of aromatic nitrogens is 1. The lowest BCUT2D eigenvalue weighted by Gasteiger charge is -2.37. The largest absolute Gasteiger partial charge is 0.497 e. The summed E-state index contributed by atoms with van der Waals surface area (Å²) in [6.45, 7) is 3.68. The minimum absolute atomic E-state index is 0.142. The van der Waals surface area contributed by atoms with Gasteiger partial charge in [0.2, 0.25) is 5.88 Å². The van der Waals surface area contributed by atoms with Crippen LogP contribution in [0.1, 0.15) is 10.4 Å². The Morgan fingerprint density at radius 3 is 2.10 bits per heavy atom. The van der Waals surface area contributed by atoms with Crippen LogP contribution >= 0.6 is 0 Å². The highest BCUT2D eigenvalue weighted by molar-refractivity contribution is 6.04. The molecular formula is C24H26N4O3. The lowest BCUT2D eigenvalue weighted by Crippen LogP contribution is -2.46. The normalized spacial score (nSPS) is 13.6. The molecule has 0 atom stereocenters. The molecule has 0 bridgehead atoms. The third-order valence-electron chi connectivity index (χ3n) is 5.41. The Kier molecular flexibility index (Phi) is 6.21. The van der Waals surface area contributed by atoms with Crippen LogP contribution in [0.25, 0.3) is 0 Å². The number of carbonyl (C=O) groups excluding carboxylic acids is 1. The van der Waals surface area contributed by atoms with E-state index in [4.69, 9.17) is 9.47 Å². The number of nitrogens with zero attached hydrogens (tertiary/aromatic N) is 3. The van der Waals surface area contributed by atoms with E-state index in [1.165, 1.54) is 0 Å². The summed E-state index contributed by atoms with van der Waals surface area (Å²) >= 11 is 0. The van der Waals surface area contributed by atoms with Crippen molar-refractivity contribution in [2.75, 3.05) is 55.5 Å². The first-order valence-electron chi connectivity index (χ1n) is 10.2. The van der Waals surface area contributed by atoms with Crippen LogP contribution in [0.3, 0.4) is 0 Å². The fourth-order valence-electron chi connectivity index (χ4n) is 3.63. The van der Waals surface area contributed by atoms with Gasteiger partial charge < -0.3 is 24.6 Å². The van der Waals surface area contributed by atoms with Gasteiger partial charge in [-0.1, -0.05) is 0 Å². The van der Waals surface area contributed by atoms with E-state index in [0.29, 0.717) is 11.4 Å². The van der Waals surface area contributed by atoms with E-state index < -0.39 is 0 Å². The number of carbonyl (C=O) groups is 1. The standard InChI is InChI=1S/C24H26N4O3/c1-30-22-9-3-18(4-10-22)24(29)26-19-5-7-20(8-6-19)27-13-15-28(16-14-27)21-11-12-25-23(17-21)31-2/h3-12,17H,13-16H2,1-2H3,(H,26,29). The van der Waals surface area contributed by atoms with Gasteiger partial charge in [0.25, 0.3) is 5.91 Å². The third-order valence-corrected chi connectivity index (χ3v) is 5.41. The van der Waals surface area contributed by atoms with Crippen molar-refractivity contribution in [3.05, 3.63) is 72.4 Å². The van der Waals surface area contributed by atoms with Crippen molar-refractivity contribution >= 4 is 23.0 Å². The molecule has 2 heterocycles. The predicted molar refractivity (Wildman–Crippen MR) is 123 cm³/mol. The highest BCUT2D eigenvalue weighted by Crippen LogP contribution is 2.24. The van der Waals surface area contributed by atoms with Gasteiger partial charge in [0.1, 0.15) is 5.75 Å². The second-order valence-electron chi connectivity index (χ2n) is 7.26. The van der Waals surface area contributed by atoms with Gasteiger partial charge >= 0.3 is 0 Å². The zero-order valence-corrected chi connectivity index (χ0v) is 17.7. The average molecular weight is 418 g/mol. The van der Waals surface area contributed by atoms with E-state index in [-0.39, 0.29) is 5.91 Å². The number of hydrogen-bond donors (Lipinski definition) is 1. The summed E-state index contributed by atoms with van der Waals surface area (Å²) in [6.07, 6.45) is 1.78. The SMILES string of the molecule is COc1ccc(C(=O)Nc2ccc(N3CCN(c4ccnc(OC)c4)CC3)cc2)cc1. The Hall–Kier alpha value is -3.74. The van der Waals surface area contributed by atoms with E-state index >= 15 is 0 Å². The van der Waals surface area contributed by atoms with Crippen LogP contribution in [0, 0.1) is 0 Å². The maximum atomic E-state index is 12.4. The molecule has 0 aliphatic carbocycles. The zero-order valence-electron chi connectivity index (χ0n) is 17.7. The lowest BCUT2D eigenvalue weighted by atomic mass is 10.2. The molecule has 1 amide bonds. The van der Waals surface area contributed by atoms with Crippen LogP contribution in [0.5, 0.6) is 11.6 Å². The first-order valence-corrected chi connectivity index (χ1v) is 10.2. The monoisotopic (exact) mass is 418 g/mol. The number of hydrogen-bond acceptors (Lipinski definition) is 6.